The van der Waals surface area contributed by atoms with E-state index in [1.54, 1.807) is 6.33 Å². The first-order valence-corrected chi connectivity index (χ1v) is 11.5. The maximum atomic E-state index is 4.58. The molecular weight excluding hydrogens is 406 g/mol. The molecule has 0 saturated carbocycles. The van der Waals surface area contributed by atoms with Crippen LogP contribution in [0.3, 0.4) is 0 Å². The minimum absolute atomic E-state index is 0.0258. The summed E-state index contributed by atoms with van der Waals surface area (Å²) in [5.41, 5.74) is 3.78. The number of rotatable bonds is 7. The maximum absolute atomic E-state index is 4.58. The highest BCUT2D eigenvalue weighted by atomic mass is 15.3. The predicted octanol–water partition coefficient (Wildman–Crippen LogP) is 5.00. The Labute approximate surface area is 195 Å². The summed E-state index contributed by atoms with van der Waals surface area (Å²) in [5, 5.41) is 3.64. The van der Waals surface area contributed by atoms with E-state index < -0.39 is 0 Å². The smallest absolute Gasteiger partial charge is 0.134 e. The molecule has 5 rings (SSSR count). The molecule has 0 spiro atoms. The van der Waals surface area contributed by atoms with Crippen molar-refractivity contribution in [1.82, 2.24) is 14.9 Å². The summed E-state index contributed by atoms with van der Waals surface area (Å²) in [7, 11) is 0. The Morgan fingerprint density at radius 1 is 0.697 bits per heavy atom. The number of hydrogen-bond acceptors (Lipinski definition) is 5. The molecule has 2 heterocycles. The first-order chi connectivity index (χ1) is 16.3. The van der Waals surface area contributed by atoms with Crippen LogP contribution in [0, 0.1) is 0 Å². The van der Waals surface area contributed by atoms with Gasteiger partial charge in [0.2, 0.25) is 0 Å². The van der Waals surface area contributed by atoms with Gasteiger partial charge < -0.3 is 10.2 Å². The number of benzene rings is 3. The van der Waals surface area contributed by atoms with Gasteiger partial charge in [0.05, 0.1) is 6.04 Å². The Kier molecular flexibility index (Phi) is 6.59. The van der Waals surface area contributed by atoms with Crippen LogP contribution < -0.4 is 10.2 Å². The Balaban J connectivity index is 1.28. The fourth-order valence-corrected chi connectivity index (χ4v) is 4.37. The van der Waals surface area contributed by atoms with E-state index in [1.165, 1.54) is 16.7 Å². The number of piperazine rings is 1. The Morgan fingerprint density at radius 2 is 1.27 bits per heavy atom. The average Bonchev–Trinajstić information content (AvgIpc) is 2.89. The van der Waals surface area contributed by atoms with Crippen molar-refractivity contribution < 1.29 is 0 Å². The molecule has 0 aliphatic carbocycles. The van der Waals surface area contributed by atoms with Crippen molar-refractivity contribution in [2.75, 3.05) is 36.4 Å². The van der Waals surface area contributed by atoms with Gasteiger partial charge in [0.25, 0.3) is 0 Å². The number of aromatic nitrogens is 2. The van der Waals surface area contributed by atoms with Gasteiger partial charge in [-0.25, -0.2) is 9.97 Å². The van der Waals surface area contributed by atoms with E-state index in [4.69, 9.17) is 0 Å². The molecule has 5 heteroatoms. The van der Waals surface area contributed by atoms with Crippen LogP contribution in [0.4, 0.5) is 11.6 Å². The highest BCUT2D eigenvalue weighted by molar-refractivity contribution is 5.52. The lowest BCUT2D eigenvalue weighted by atomic mass is 9.99. The first kappa shape index (κ1) is 21.2. The van der Waals surface area contributed by atoms with Gasteiger partial charge in [0.1, 0.15) is 18.0 Å². The number of nitrogens with zero attached hydrogens (tertiary/aromatic N) is 4. The molecule has 1 aromatic heterocycles. The molecule has 3 aromatic carbocycles. The molecule has 166 valence electrons. The lowest BCUT2D eigenvalue weighted by Gasteiger charge is -2.35. The van der Waals surface area contributed by atoms with E-state index in [9.17, 15) is 0 Å². The SMILES string of the molecule is c1ccc(CN2CCN(c3cc(NC(c4ccccc4)c4ccccc4)ncn3)CC2)cc1. The summed E-state index contributed by atoms with van der Waals surface area (Å²) in [5.74, 6) is 1.82. The van der Waals surface area contributed by atoms with Gasteiger partial charge in [-0.05, 0) is 16.7 Å². The summed E-state index contributed by atoms with van der Waals surface area (Å²) in [4.78, 5) is 14.0. The minimum atomic E-state index is 0.0258. The zero-order chi connectivity index (χ0) is 22.3. The molecule has 1 saturated heterocycles. The van der Waals surface area contributed by atoms with Crippen LogP contribution in [0.15, 0.2) is 103 Å². The largest absolute Gasteiger partial charge is 0.359 e. The summed E-state index contributed by atoms with van der Waals surface area (Å²) in [6.45, 7) is 4.98. The summed E-state index contributed by atoms with van der Waals surface area (Å²) >= 11 is 0. The molecule has 1 aliphatic rings. The second-order valence-corrected chi connectivity index (χ2v) is 8.41. The number of nitrogens with one attached hydrogen (secondary N) is 1. The minimum Gasteiger partial charge on any atom is -0.359 e. The molecule has 5 nitrogen and oxygen atoms in total. The van der Waals surface area contributed by atoms with E-state index in [-0.39, 0.29) is 6.04 Å². The van der Waals surface area contributed by atoms with Crippen molar-refractivity contribution in [2.24, 2.45) is 0 Å². The van der Waals surface area contributed by atoms with Crippen LogP contribution in [0.2, 0.25) is 0 Å². The van der Waals surface area contributed by atoms with Crippen LogP contribution in [0.25, 0.3) is 0 Å². The monoisotopic (exact) mass is 435 g/mol. The number of hydrogen-bond donors (Lipinski definition) is 1. The van der Waals surface area contributed by atoms with E-state index >= 15 is 0 Å². The van der Waals surface area contributed by atoms with E-state index in [0.717, 1.165) is 44.4 Å². The van der Waals surface area contributed by atoms with Crippen molar-refractivity contribution in [3.8, 4) is 0 Å². The van der Waals surface area contributed by atoms with Crippen molar-refractivity contribution in [3.05, 3.63) is 120 Å². The summed E-state index contributed by atoms with van der Waals surface area (Å²) in [6, 6.07) is 33.8. The molecule has 0 atom stereocenters. The lowest BCUT2D eigenvalue weighted by molar-refractivity contribution is 0.249. The lowest BCUT2D eigenvalue weighted by Crippen LogP contribution is -2.46. The fraction of sp³-hybridized carbons (Fsp3) is 0.214. The standard InChI is InChI=1S/C28H29N5/c1-4-10-23(11-5-1)21-32-16-18-33(19-17-32)27-20-26(29-22-30-27)31-28(24-12-6-2-7-13-24)25-14-8-3-9-15-25/h1-15,20,22,28H,16-19,21H2,(H,29,30,31). The van der Waals surface area contributed by atoms with Crippen molar-refractivity contribution >= 4 is 11.6 Å². The Hall–Kier alpha value is -3.70. The summed E-state index contributed by atoms with van der Waals surface area (Å²) in [6.07, 6.45) is 1.67. The summed E-state index contributed by atoms with van der Waals surface area (Å²) < 4.78 is 0. The van der Waals surface area contributed by atoms with Crippen LogP contribution in [-0.2, 0) is 6.54 Å². The first-order valence-electron chi connectivity index (χ1n) is 11.5. The van der Waals surface area contributed by atoms with Gasteiger partial charge in [-0.15, -0.1) is 0 Å². The molecule has 33 heavy (non-hydrogen) atoms. The quantitative estimate of drug-likeness (QED) is 0.443. The fourth-order valence-electron chi connectivity index (χ4n) is 4.37. The Morgan fingerprint density at radius 3 is 1.88 bits per heavy atom. The second-order valence-electron chi connectivity index (χ2n) is 8.41. The highest BCUT2D eigenvalue weighted by Gasteiger charge is 2.20. The van der Waals surface area contributed by atoms with Crippen molar-refractivity contribution in [3.63, 3.8) is 0 Å². The van der Waals surface area contributed by atoms with Gasteiger partial charge in [-0.3, -0.25) is 4.90 Å². The zero-order valence-corrected chi connectivity index (χ0v) is 18.7. The molecule has 0 amide bonds. The van der Waals surface area contributed by atoms with Gasteiger partial charge >= 0.3 is 0 Å². The molecule has 1 N–H and O–H groups in total. The third-order valence-corrected chi connectivity index (χ3v) is 6.16. The van der Waals surface area contributed by atoms with Crippen LogP contribution in [0.5, 0.6) is 0 Å². The van der Waals surface area contributed by atoms with Crippen molar-refractivity contribution in [2.45, 2.75) is 12.6 Å². The number of anilines is 2. The molecule has 0 bridgehead atoms. The van der Waals surface area contributed by atoms with Crippen LogP contribution in [-0.4, -0.2) is 41.0 Å². The van der Waals surface area contributed by atoms with Crippen LogP contribution in [0.1, 0.15) is 22.7 Å². The third-order valence-electron chi connectivity index (χ3n) is 6.16. The van der Waals surface area contributed by atoms with E-state index in [2.05, 4.69) is 110 Å². The maximum Gasteiger partial charge on any atom is 0.134 e. The molecule has 0 radical (unpaired) electrons. The van der Waals surface area contributed by atoms with Crippen molar-refractivity contribution in [1.29, 1.82) is 0 Å². The third kappa shape index (κ3) is 5.38. The predicted molar refractivity (Wildman–Crippen MR) is 134 cm³/mol. The van der Waals surface area contributed by atoms with Gasteiger partial charge in [-0.2, -0.15) is 0 Å². The second kappa shape index (κ2) is 10.3. The zero-order valence-electron chi connectivity index (χ0n) is 18.7. The molecule has 4 aromatic rings. The van der Waals surface area contributed by atoms with Crippen LogP contribution >= 0.6 is 0 Å². The van der Waals surface area contributed by atoms with E-state index in [0.29, 0.717) is 0 Å². The topological polar surface area (TPSA) is 44.3 Å². The van der Waals surface area contributed by atoms with Gasteiger partial charge in [0.15, 0.2) is 0 Å². The highest BCUT2D eigenvalue weighted by Crippen LogP contribution is 2.27. The molecule has 0 unspecified atom stereocenters. The molecular formula is C28H29N5. The van der Waals surface area contributed by atoms with Gasteiger partial charge in [-0.1, -0.05) is 91.0 Å². The average molecular weight is 436 g/mol. The molecule has 1 fully saturated rings. The van der Waals surface area contributed by atoms with E-state index in [1.807, 2.05) is 12.1 Å². The normalized spacial score (nSPS) is 14.4. The van der Waals surface area contributed by atoms with Gasteiger partial charge in [0, 0.05) is 38.8 Å². The Bertz CT molecular complexity index is 1090. The molecule has 1 aliphatic heterocycles.